The van der Waals surface area contributed by atoms with Gasteiger partial charge in [0.2, 0.25) is 5.91 Å². The van der Waals surface area contributed by atoms with E-state index >= 15 is 0 Å². The molecule has 7 nitrogen and oxygen atoms in total. The minimum absolute atomic E-state index is 0.250. The second kappa shape index (κ2) is 6.89. The van der Waals surface area contributed by atoms with Crippen molar-refractivity contribution in [3.63, 3.8) is 0 Å². The van der Waals surface area contributed by atoms with Gasteiger partial charge >= 0.3 is 11.9 Å². The van der Waals surface area contributed by atoms with Crippen molar-refractivity contribution in [3.05, 3.63) is 69.9 Å². The van der Waals surface area contributed by atoms with E-state index in [2.05, 4.69) is 15.4 Å². The molecule has 0 atom stereocenters. The van der Waals surface area contributed by atoms with Gasteiger partial charge in [0.25, 0.3) is 0 Å². The van der Waals surface area contributed by atoms with Crippen molar-refractivity contribution < 1.29 is 18.0 Å². The first-order chi connectivity index (χ1) is 13.7. The van der Waals surface area contributed by atoms with Crippen LogP contribution in [0.25, 0.3) is 16.6 Å². The molecule has 2 aromatic heterocycles. The van der Waals surface area contributed by atoms with Crippen LogP contribution in [0.3, 0.4) is 0 Å². The molecule has 1 amide bonds. The average Bonchev–Trinajstić information content (AvgIpc) is 2.97. The number of anilines is 1. The quantitative estimate of drug-likeness (QED) is 0.550. The zero-order valence-electron chi connectivity index (χ0n) is 14.4. The van der Waals surface area contributed by atoms with Crippen LogP contribution in [0.15, 0.2) is 53.6 Å². The third-order valence-electron chi connectivity index (χ3n) is 4.18. The largest absolute Gasteiger partial charge is 0.418 e. The van der Waals surface area contributed by atoms with Crippen LogP contribution in [-0.4, -0.2) is 25.1 Å². The van der Waals surface area contributed by atoms with Gasteiger partial charge in [0.1, 0.15) is 12.9 Å². The lowest BCUT2D eigenvalue weighted by molar-refractivity contribution is -0.137. The van der Waals surface area contributed by atoms with Crippen LogP contribution in [0.4, 0.5) is 18.9 Å². The van der Waals surface area contributed by atoms with Crippen LogP contribution in [0, 0.1) is 0 Å². The number of alkyl halides is 3. The fourth-order valence-corrected chi connectivity index (χ4v) is 3.06. The SMILES string of the molecule is O=C(Cn1nc2c3ccc(Cl)cc3ncn2c1=O)Nc1ccccc1C(F)(F)F. The van der Waals surface area contributed by atoms with Crippen LogP contribution in [0.2, 0.25) is 5.02 Å². The molecule has 0 saturated heterocycles. The number of nitrogens with one attached hydrogen (secondary N) is 1. The highest BCUT2D eigenvalue weighted by Crippen LogP contribution is 2.34. The standard InChI is InChI=1S/C18H11ClF3N5O2/c19-10-5-6-11-14(7-10)23-9-26-16(11)25-27(17(26)29)8-15(28)24-13-4-2-1-3-12(13)18(20,21)22/h1-7,9H,8H2,(H,24,28). The molecule has 0 saturated carbocycles. The highest BCUT2D eigenvalue weighted by molar-refractivity contribution is 6.31. The van der Waals surface area contributed by atoms with Crippen molar-refractivity contribution in [2.24, 2.45) is 0 Å². The Labute approximate surface area is 165 Å². The highest BCUT2D eigenvalue weighted by Gasteiger charge is 2.33. The van der Waals surface area contributed by atoms with Crippen molar-refractivity contribution in [1.29, 1.82) is 0 Å². The number of nitrogens with zero attached hydrogens (tertiary/aromatic N) is 4. The molecule has 0 aliphatic carbocycles. The Morgan fingerprint density at radius 2 is 1.93 bits per heavy atom. The molecule has 29 heavy (non-hydrogen) atoms. The first-order valence-corrected chi connectivity index (χ1v) is 8.61. The van der Waals surface area contributed by atoms with Gasteiger partial charge in [-0.15, -0.1) is 5.10 Å². The van der Waals surface area contributed by atoms with E-state index in [1.54, 1.807) is 18.2 Å². The minimum atomic E-state index is -4.63. The summed E-state index contributed by atoms with van der Waals surface area (Å²) in [4.78, 5) is 28.9. The molecule has 4 aromatic rings. The number of rotatable bonds is 3. The number of amides is 1. The molecule has 1 N–H and O–H groups in total. The van der Waals surface area contributed by atoms with E-state index in [1.807, 2.05) is 0 Å². The zero-order valence-corrected chi connectivity index (χ0v) is 15.2. The molecule has 11 heteroatoms. The summed E-state index contributed by atoms with van der Waals surface area (Å²) in [5, 5.41) is 7.30. The fourth-order valence-electron chi connectivity index (χ4n) is 2.90. The van der Waals surface area contributed by atoms with Crippen LogP contribution < -0.4 is 11.0 Å². The van der Waals surface area contributed by atoms with Gasteiger partial charge in [0.05, 0.1) is 16.8 Å². The second-order valence-electron chi connectivity index (χ2n) is 6.13. The summed E-state index contributed by atoms with van der Waals surface area (Å²) in [5.41, 5.74) is -1.28. The van der Waals surface area contributed by atoms with E-state index in [9.17, 15) is 22.8 Å². The Morgan fingerprint density at radius 1 is 1.17 bits per heavy atom. The molecule has 2 aromatic carbocycles. The number of aromatic nitrogens is 4. The number of para-hydroxylation sites is 1. The van der Waals surface area contributed by atoms with E-state index in [0.29, 0.717) is 15.9 Å². The lowest BCUT2D eigenvalue weighted by Gasteiger charge is -2.13. The third kappa shape index (κ3) is 3.54. The number of hydrogen-bond donors (Lipinski definition) is 1. The number of carbonyl (C=O) groups is 1. The van der Waals surface area contributed by atoms with Crippen molar-refractivity contribution in [2.75, 3.05) is 5.32 Å². The number of carbonyl (C=O) groups excluding carboxylic acids is 1. The average molecular weight is 422 g/mol. The number of benzene rings is 2. The first-order valence-electron chi connectivity index (χ1n) is 8.23. The molecular formula is C18H11ClF3N5O2. The van der Waals surface area contributed by atoms with E-state index in [4.69, 9.17) is 11.6 Å². The van der Waals surface area contributed by atoms with E-state index in [0.717, 1.165) is 21.2 Å². The maximum atomic E-state index is 13.1. The summed E-state index contributed by atoms with van der Waals surface area (Å²) in [6.45, 7) is -0.568. The van der Waals surface area contributed by atoms with Gasteiger partial charge in [-0.25, -0.2) is 18.9 Å². The summed E-state index contributed by atoms with van der Waals surface area (Å²) in [6.07, 6.45) is -3.38. The molecule has 4 rings (SSSR count). The van der Waals surface area contributed by atoms with Gasteiger partial charge in [-0.3, -0.25) is 4.79 Å². The normalized spacial score (nSPS) is 11.9. The molecule has 0 aliphatic heterocycles. The number of hydrogen-bond acceptors (Lipinski definition) is 4. The summed E-state index contributed by atoms with van der Waals surface area (Å²) in [6, 6.07) is 9.41. The second-order valence-corrected chi connectivity index (χ2v) is 6.57. The Bertz CT molecular complexity index is 1310. The van der Waals surface area contributed by atoms with Crippen LogP contribution >= 0.6 is 11.6 Å². The third-order valence-corrected chi connectivity index (χ3v) is 4.42. The van der Waals surface area contributed by atoms with Gasteiger partial charge in [-0.1, -0.05) is 23.7 Å². The maximum Gasteiger partial charge on any atom is 0.418 e. The van der Waals surface area contributed by atoms with Gasteiger partial charge in [-0.2, -0.15) is 13.2 Å². The monoisotopic (exact) mass is 421 g/mol. The lowest BCUT2D eigenvalue weighted by atomic mass is 10.1. The maximum absolute atomic E-state index is 13.1. The fraction of sp³-hybridized carbons (Fsp3) is 0.111. The first kappa shape index (κ1) is 18.9. The van der Waals surface area contributed by atoms with Crippen molar-refractivity contribution in [2.45, 2.75) is 12.7 Å². The summed E-state index contributed by atoms with van der Waals surface area (Å²) in [7, 11) is 0. The Balaban J connectivity index is 1.67. The van der Waals surface area contributed by atoms with E-state index in [-0.39, 0.29) is 5.65 Å². The summed E-state index contributed by atoms with van der Waals surface area (Å²) in [5.74, 6) is -0.826. The molecular weight excluding hydrogens is 411 g/mol. The van der Waals surface area contributed by atoms with Gasteiger partial charge in [0.15, 0.2) is 5.65 Å². The minimum Gasteiger partial charge on any atom is -0.324 e. The molecule has 0 bridgehead atoms. The predicted molar refractivity (Wildman–Crippen MR) is 99.8 cm³/mol. The molecule has 0 radical (unpaired) electrons. The lowest BCUT2D eigenvalue weighted by Crippen LogP contribution is -2.28. The smallest absolute Gasteiger partial charge is 0.324 e. The van der Waals surface area contributed by atoms with Crippen LogP contribution in [0.5, 0.6) is 0 Å². The molecule has 2 heterocycles. The molecule has 0 spiro atoms. The van der Waals surface area contributed by atoms with Crippen molar-refractivity contribution >= 4 is 39.7 Å². The Morgan fingerprint density at radius 3 is 2.69 bits per heavy atom. The van der Waals surface area contributed by atoms with Gasteiger partial charge < -0.3 is 5.32 Å². The van der Waals surface area contributed by atoms with Crippen molar-refractivity contribution in [1.82, 2.24) is 19.2 Å². The van der Waals surface area contributed by atoms with Crippen molar-refractivity contribution in [3.8, 4) is 0 Å². The Kier molecular flexibility index (Phi) is 4.50. The topological polar surface area (TPSA) is 81.3 Å². The highest BCUT2D eigenvalue weighted by atomic mass is 35.5. The molecule has 0 aliphatic rings. The Hall–Kier alpha value is -3.40. The summed E-state index contributed by atoms with van der Waals surface area (Å²) < 4.78 is 41.2. The molecule has 0 fully saturated rings. The van der Waals surface area contributed by atoms with Gasteiger partial charge in [0, 0.05) is 10.4 Å². The number of fused-ring (bicyclic) bond motifs is 3. The zero-order chi connectivity index (χ0) is 20.8. The van der Waals surface area contributed by atoms with Crippen LogP contribution in [0.1, 0.15) is 5.56 Å². The molecule has 148 valence electrons. The summed E-state index contributed by atoms with van der Waals surface area (Å²) >= 11 is 5.93. The van der Waals surface area contributed by atoms with Gasteiger partial charge in [-0.05, 0) is 30.3 Å². The van der Waals surface area contributed by atoms with E-state index in [1.165, 1.54) is 18.5 Å². The van der Waals surface area contributed by atoms with Crippen LogP contribution in [-0.2, 0) is 17.5 Å². The number of halogens is 4. The molecule has 0 unspecified atom stereocenters. The van der Waals surface area contributed by atoms with E-state index < -0.39 is 35.6 Å². The predicted octanol–water partition coefficient (Wildman–Crippen LogP) is 3.36.